The summed E-state index contributed by atoms with van der Waals surface area (Å²) < 4.78 is 5.67. The average molecular weight is 283 g/mol. The van der Waals surface area contributed by atoms with Crippen LogP contribution >= 0.6 is 11.6 Å². The molecular formula is C14H19ClN2O2. The zero-order chi connectivity index (χ0) is 13.2. The van der Waals surface area contributed by atoms with Gasteiger partial charge in [-0.1, -0.05) is 11.6 Å². The first-order valence-corrected chi connectivity index (χ1v) is 7.15. The van der Waals surface area contributed by atoms with Crippen molar-refractivity contribution in [3.05, 3.63) is 28.3 Å². The normalized spacial score (nSPS) is 25.4. The van der Waals surface area contributed by atoms with Crippen LogP contribution < -0.4 is 15.4 Å². The maximum absolute atomic E-state index is 9.74. The van der Waals surface area contributed by atoms with Crippen LogP contribution in [0.4, 0.5) is 0 Å². The first-order valence-electron chi connectivity index (χ1n) is 6.77. The number of β-amino-alcohol motifs (C(OH)–C–C–N with tert-alkyl or cyclic N) is 1. The van der Waals surface area contributed by atoms with Gasteiger partial charge in [0.15, 0.2) is 0 Å². The van der Waals surface area contributed by atoms with E-state index in [2.05, 4.69) is 10.6 Å². The fourth-order valence-electron chi connectivity index (χ4n) is 2.80. The summed E-state index contributed by atoms with van der Waals surface area (Å²) >= 11 is 6.12. The van der Waals surface area contributed by atoms with Gasteiger partial charge in [-0.3, -0.25) is 0 Å². The lowest BCUT2D eigenvalue weighted by atomic mass is 10.1. The Hall–Kier alpha value is -0.810. The molecule has 5 heteroatoms. The quantitative estimate of drug-likeness (QED) is 0.770. The Morgan fingerprint density at radius 3 is 3.11 bits per heavy atom. The van der Waals surface area contributed by atoms with Crippen molar-refractivity contribution < 1.29 is 9.84 Å². The number of aliphatic hydroxyl groups excluding tert-OH is 1. The molecule has 1 aromatic carbocycles. The minimum absolute atomic E-state index is 0.242. The van der Waals surface area contributed by atoms with Gasteiger partial charge in [0.2, 0.25) is 0 Å². The molecule has 2 aliphatic heterocycles. The maximum Gasteiger partial charge on any atom is 0.127 e. The van der Waals surface area contributed by atoms with Gasteiger partial charge in [0.1, 0.15) is 5.75 Å². The molecule has 3 N–H and O–H groups in total. The molecule has 0 aromatic heterocycles. The van der Waals surface area contributed by atoms with Gasteiger partial charge in [-0.05, 0) is 17.7 Å². The fraction of sp³-hybridized carbons (Fsp3) is 0.571. The summed E-state index contributed by atoms with van der Waals surface area (Å²) in [5, 5.41) is 17.1. The van der Waals surface area contributed by atoms with E-state index in [1.807, 2.05) is 12.1 Å². The first-order chi connectivity index (χ1) is 9.24. The molecule has 3 rings (SSSR count). The number of rotatable bonds is 4. The predicted molar refractivity (Wildman–Crippen MR) is 74.7 cm³/mol. The van der Waals surface area contributed by atoms with Gasteiger partial charge in [0.25, 0.3) is 0 Å². The summed E-state index contributed by atoms with van der Waals surface area (Å²) in [5.74, 6) is 1.27. The van der Waals surface area contributed by atoms with E-state index < -0.39 is 0 Å². The second-order valence-corrected chi connectivity index (χ2v) is 5.70. The second-order valence-electron chi connectivity index (χ2n) is 5.27. The summed E-state index contributed by atoms with van der Waals surface area (Å²) in [6, 6.07) is 3.94. The Labute approximate surface area is 118 Å². The second kappa shape index (κ2) is 5.67. The van der Waals surface area contributed by atoms with Crippen LogP contribution in [-0.4, -0.2) is 37.5 Å². The molecule has 4 nitrogen and oxygen atoms in total. The molecule has 1 aromatic rings. The van der Waals surface area contributed by atoms with E-state index in [1.54, 1.807) is 0 Å². The SMILES string of the molecule is OC1CNCC1CNCc1cc(Cl)cc2c1OCC2. The van der Waals surface area contributed by atoms with Crippen molar-refractivity contribution in [2.24, 2.45) is 5.92 Å². The van der Waals surface area contributed by atoms with Crippen LogP contribution in [0, 0.1) is 5.92 Å². The standard InChI is InChI=1S/C14H19ClN2O2/c15-12-3-9-1-2-19-14(9)10(4-12)5-16-6-11-7-17-8-13(11)18/h3-4,11,13,16-18H,1-2,5-8H2. The molecule has 1 saturated heterocycles. The maximum atomic E-state index is 9.74. The molecule has 0 bridgehead atoms. The number of fused-ring (bicyclic) bond motifs is 1. The number of benzene rings is 1. The summed E-state index contributed by atoms with van der Waals surface area (Å²) in [4.78, 5) is 0. The highest BCUT2D eigenvalue weighted by atomic mass is 35.5. The number of hydrogen-bond acceptors (Lipinski definition) is 4. The molecule has 19 heavy (non-hydrogen) atoms. The van der Waals surface area contributed by atoms with Crippen molar-refractivity contribution in [3.63, 3.8) is 0 Å². The van der Waals surface area contributed by atoms with Crippen LogP contribution in [0.15, 0.2) is 12.1 Å². The third kappa shape index (κ3) is 2.87. The summed E-state index contributed by atoms with van der Waals surface area (Å²) in [6.45, 7) is 3.84. The Morgan fingerprint density at radius 1 is 1.42 bits per heavy atom. The van der Waals surface area contributed by atoms with Crippen LogP contribution in [-0.2, 0) is 13.0 Å². The van der Waals surface area contributed by atoms with Crippen LogP contribution in [0.1, 0.15) is 11.1 Å². The Morgan fingerprint density at radius 2 is 2.32 bits per heavy atom. The molecular weight excluding hydrogens is 264 g/mol. The molecule has 1 fully saturated rings. The zero-order valence-corrected chi connectivity index (χ0v) is 11.5. The molecule has 0 saturated carbocycles. The molecule has 0 amide bonds. The van der Waals surface area contributed by atoms with Crippen molar-refractivity contribution in [2.75, 3.05) is 26.2 Å². The van der Waals surface area contributed by atoms with E-state index in [1.165, 1.54) is 5.56 Å². The monoisotopic (exact) mass is 282 g/mol. The average Bonchev–Trinajstić information content (AvgIpc) is 2.98. The first kappa shape index (κ1) is 13.2. The Bertz CT molecular complexity index is 467. The highest BCUT2D eigenvalue weighted by Crippen LogP contribution is 2.32. The fourth-order valence-corrected chi connectivity index (χ4v) is 3.06. The lowest BCUT2D eigenvalue weighted by Crippen LogP contribution is -2.30. The van der Waals surface area contributed by atoms with Gasteiger partial charge in [-0.15, -0.1) is 0 Å². The lowest BCUT2D eigenvalue weighted by molar-refractivity contribution is 0.146. The van der Waals surface area contributed by atoms with E-state index in [-0.39, 0.29) is 12.0 Å². The number of ether oxygens (including phenoxy) is 1. The zero-order valence-electron chi connectivity index (χ0n) is 10.8. The summed E-state index contributed by atoms with van der Waals surface area (Å²) in [5.41, 5.74) is 2.31. The molecule has 2 unspecified atom stereocenters. The summed E-state index contributed by atoms with van der Waals surface area (Å²) in [6.07, 6.45) is 0.697. The minimum atomic E-state index is -0.242. The van der Waals surface area contributed by atoms with Crippen LogP contribution in [0.2, 0.25) is 5.02 Å². The van der Waals surface area contributed by atoms with Crippen molar-refractivity contribution in [2.45, 2.75) is 19.1 Å². The smallest absolute Gasteiger partial charge is 0.127 e. The third-order valence-electron chi connectivity index (χ3n) is 3.85. The van der Waals surface area contributed by atoms with E-state index in [0.717, 1.165) is 49.0 Å². The number of hydrogen-bond donors (Lipinski definition) is 3. The largest absolute Gasteiger partial charge is 0.493 e. The topological polar surface area (TPSA) is 53.5 Å². The van der Waals surface area contributed by atoms with Gasteiger partial charge in [-0.2, -0.15) is 0 Å². The Balaban J connectivity index is 1.61. The predicted octanol–water partition coefficient (Wildman–Crippen LogP) is 0.945. The third-order valence-corrected chi connectivity index (χ3v) is 4.07. The van der Waals surface area contributed by atoms with Gasteiger partial charge in [-0.25, -0.2) is 0 Å². The molecule has 104 valence electrons. The number of aliphatic hydroxyl groups is 1. The molecule has 0 radical (unpaired) electrons. The van der Waals surface area contributed by atoms with Crippen molar-refractivity contribution in [3.8, 4) is 5.75 Å². The van der Waals surface area contributed by atoms with E-state index in [4.69, 9.17) is 16.3 Å². The van der Waals surface area contributed by atoms with E-state index in [9.17, 15) is 5.11 Å². The molecule has 2 atom stereocenters. The number of nitrogens with one attached hydrogen (secondary N) is 2. The van der Waals surface area contributed by atoms with Crippen molar-refractivity contribution in [1.29, 1.82) is 0 Å². The van der Waals surface area contributed by atoms with Crippen molar-refractivity contribution >= 4 is 11.6 Å². The Kier molecular flexibility index (Phi) is 3.93. The van der Waals surface area contributed by atoms with Gasteiger partial charge >= 0.3 is 0 Å². The molecule has 2 aliphatic rings. The van der Waals surface area contributed by atoms with Gasteiger partial charge in [0.05, 0.1) is 12.7 Å². The van der Waals surface area contributed by atoms with Crippen LogP contribution in [0.5, 0.6) is 5.75 Å². The highest BCUT2D eigenvalue weighted by molar-refractivity contribution is 6.30. The van der Waals surface area contributed by atoms with Gasteiger partial charge < -0.3 is 20.5 Å². The number of halogens is 1. The molecule has 0 aliphatic carbocycles. The van der Waals surface area contributed by atoms with E-state index >= 15 is 0 Å². The van der Waals surface area contributed by atoms with Crippen molar-refractivity contribution in [1.82, 2.24) is 10.6 Å². The van der Waals surface area contributed by atoms with Crippen LogP contribution in [0.25, 0.3) is 0 Å². The molecule has 2 heterocycles. The highest BCUT2D eigenvalue weighted by Gasteiger charge is 2.24. The van der Waals surface area contributed by atoms with Gasteiger partial charge in [0, 0.05) is 49.1 Å². The van der Waals surface area contributed by atoms with Crippen LogP contribution in [0.3, 0.4) is 0 Å². The minimum Gasteiger partial charge on any atom is -0.493 e. The lowest BCUT2D eigenvalue weighted by Gasteiger charge is -2.15. The molecule has 0 spiro atoms. The summed E-state index contributed by atoms with van der Waals surface area (Å²) in [7, 11) is 0. The van der Waals surface area contributed by atoms with E-state index in [0.29, 0.717) is 6.54 Å².